The van der Waals surface area contributed by atoms with Crippen molar-refractivity contribution in [2.75, 3.05) is 12.9 Å². The predicted molar refractivity (Wildman–Crippen MR) is 87.5 cm³/mol. The van der Waals surface area contributed by atoms with Gasteiger partial charge in [0, 0.05) is 0 Å². The van der Waals surface area contributed by atoms with E-state index in [0.29, 0.717) is 5.56 Å². The molecule has 0 aromatic heterocycles. The fourth-order valence-electron chi connectivity index (χ4n) is 1.95. The van der Waals surface area contributed by atoms with Crippen molar-refractivity contribution in [3.63, 3.8) is 0 Å². The summed E-state index contributed by atoms with van der Waals surface area (Å²) in [6.45, 7) is 1.56. The molecule has 0 aliphatic rings. The highest BCUT2D eigenvalue weighted by atomic mass is 32.2. The highest BCUT2D eigenvalue weighted by Crippen LogP contribution is 2.21. The van der Waals surface area contributed by atoms with E-state index in [-0.39, 0.29) is 18.3 Å². The molecule has 0 spiro atoms. The van der Waals surface area contributed by atoms with Crippen molar-refractivity contribution in [3.8, 4) is 11.1 Å². The Kier molecular flexibility index (Phi) is 5.52. The number of rotatable bonds is 6. The van der Waals surface area contributed by atoms with Crippen LogP contribution in [0.3, 0.4) is 0 Å². The molecule has 2 aromatic rings. The van der Waals surface area contributed by atoms with Crippen LogP contribution in [-0.2, 0) is 25.6 Å². The van der Waals surface area contributed by atoms with E-state index < -0.39 is 10.1 Å². The molecule has 0 aliphatic heterocycles. The van der Waals surface area contributed by atoms with Gasteiger partial charge in [0.2, 0.25) is 0 Å². The quantitative estimate of drug-likeness (QED) is 0.600. The van der Waals surface area contributed by atoms with Gasteiger partial charge in [-0.15, -0.1) is 0 Å². The van der Waals surface area contributed by atoms with Crippen LogP contribution >= 0.6 is 0 Å². The van der Waals surface area contributed by atoms with Crippen LogP contribution in [-0.4, -0.2) is 27.2 Å². The molecule has 0 saturated heterocycles. The maximum atomic E-state index is 11.4. The molecular weight excluding hydrogens is 316 g/mol. The topological polar surface area (TPSA) is 69.7 Å². The van der Waals surface area contributed by atoms with Crippen LogP contribution in [0.1, 0.15) is 22.8 Å². The van der Waals surface area contributed by atoms with Gasteiger partial charge in [0.05, 0.1) is 25.0 Å². The number of carbonyl (C=O) groups excluding carboxylic acids is 1. The van der Waals surface area contributed by atoms with Gasteiger partial charge < -0.3 is 4.74 Å². The highest BCUT2D eigenvalue weighted by molar-refractivity contribution is 7.86. The molecule has 0 fully saturated rings. The average molecular weight is 334 g/mol. The summed E-state index contributed by atoms with van der Waals surface area (Å²) in [6, 6.07) is 14.5. The lowest BCUT2D eigenvalue weighted by Gasteiger charge is -2.06. The molecular formula is C17H18O5S. The van der Waals surface area contributed by atoms with Crippen molar-refractivity contribution >= 4 is 16.1 Å². The number of benzene rings is 2. The molecule has 2 rings (SSSR count). The number of ether oxygens (including phenoxy) is 1. The van der Waals surface area contributed by atoms with E-state index in [1.165, 1.54) is 14.0 Å². The molecule has 23 heavy (non-hydrogen) atoms. The number of esters is 1. The van der Waals surface area contributed by atoms with E-state index in [2.05, 4.69) is 4.74 Å². The second-order valence-corrected chi connectivity index (χ2v) is 6.80. The minimum absolute atomic E-state index is 0.0255. The average Bonchev–Trinajstić information content (AvgIpc) is 2.60. The summed E-state index contributed by atoms with van der Waals surface area (Å²) in [6.07, 6.45) is 0. The first-order valence-electron chi connectivity index (χ1n) is 7.10. The van der Waals surface area contributed by atoms with Crippen LogP contribution in [0.4, 0.5) is 0 Å². The Bertz CT molecular complexity index is 762. The van der Waals surface area contributed by atoms with Crippen LogP contribution in [0.5, 0.6) is 0 Å². The normalized spacial score (nSPS) is 11.2. The molecule has 6 heteroatoms. The Labute approximate surface area is 136 Å². The second-order valence-electron chi connectivity index (χ2n) is 4.87. The zero-order valence-electron chi connectivity index (χ0n) is 13.0. The summed E-state index contributed by atoms with van der Waals surface area (Å²) < 4.78 is 32.2. The third-order valence-corrected chi connectivity index (χ3v) is 4.54. The third-order valence-electron chi connectivity index (χ3n) is 3.35. The minimum Gasteiger partial charge on any atom is -0.465 e. The van der Waals surface area contributed by atoms with Gasteiger partial charge in [-0.05, 0) is 35.7 Å². The monoisotopic (exact) mass is 334 g/mol. The van der Waals surface area contributed by atoms with E-state index in [1.54, 1.807) is 12.1 Å². The van der Waals surface area contributed by atoms with Crippen molar-refractivity contribution < 1.29 is 22.1 Å². The standard InChI is InChI=1S/C17H18O5S/c1-3-23(19,20)22-12-13-4-6-14(7-5-13)15-8-10-16(11-9-15)17(18)21-2/h4-11H,3,12H2,1-2H3. The molecule has 2 aromatic carbocycles. The van der Waals surface area contributed by atoms with Crippen molar-refractivity contribution in [2.45, 2.75) is 13.5 Å². The summed E-state index contributed by atoms with van der Waals surface area (Å²) in [5, 5.41) is 0. The first-order chi connectivity index (χ1) is 10.9. The molecule has 0 atom stereocenters. The Morgan fingerprint density at radius 3 is 1.96 bits per heavy atom. The Morgan fingerprint density at radius 2 is 1.48 bits per heavy atom. The molecule has 122 valence electrons. The maximum absolute atomic E-state index is 11.4. The SMILES string of the molecule is CCS(=O)(=O)OCc1ccc(-c2ccc(C(=O)OC)cc2)cc1. The third kappa shape index (κ3) is 4.64. The lowest BCUT2D eigenvalue weighted by atomic mass is 10.0. The summed E-state index contributed by atoms with van der Waals surface area (Å²) in [5.41, 5.74) is 3.18. The van der Waals surface area contributed by atoms with Crippen LogP contribution in [0.15, 0.2) is 48.5 Å². The molecule has 0 radical (unpaired) electrons. The van der Waals surface area contributed by atoms with Gasteiger partial charge >= 0.3 is 5.97 Å². The largest absolute Gasteiger partial charge is 0.465 e. The molecule has 5 nitrogen and oxygen atoms in total. The highest BCUT2D eigenvalue weighted by Gasteiger charge is 2.08. The lowest BCUT2D eigenvalue weighted by molar-refractivity contribution is 0.0600. The van der Waals surface area contributed by atoms with E-state index in [0.717, 1.165) is 16.7 Å². The molecule has 0 aliphatic carbocycles. The van der Waals surface area contributed by atoms with Crippen molar-refractivity contribution in [1.82, 2.24) is 0 Å². The summed E-state index contributed by atoms with van der Waals surface area (Å²) in [4.78, 5) is 11.4. The summed E-state index contributed by atoms with van der Waals surface area (Å²) in [7, 11) is -2.10. The Morgan fingerprint density at radius 1 is 0.957 bits per heavy atom. The van der Waals surface area contributed by atoms with E-state index in [1.807, 2.05) is 36.4 Å². The van der Waals surface area contributed by atoms with Gasteiger partial charge in [-0.1, -0.05) is 36.4 Å². The number of methoxy groups -OCH3 is 1. The molecule has 0 unspecified atom stereocenters. The minimum atomic E-state index is -3.44. The maximum Gasteiger partial charge on any atom is 0.337 e. The summed E-state index contributed by atoms with van der Waals surface area (Å²) >= 11 is 0. The van der Waals surface area contributed by atoms with Crippen molar-refractivity contribution in [2.24, 2.45) is 0 Å². The molecule has 0 bridgehead atoms. The lowest BCUT2D eigenvalue weighted by Crippen LogP contribution is -2.07. The zero-order chi connectivity index (χ0) is 16.9. The first kappa shape index (κ1) is 17.2. The first-order valence-corrected chi connectivity index (χ1v) is 8.67. The molecule has 0 amide bonds. The number of hydrogen-bond acceptors (Lipinski definition) is 5. The number of hydrogen-bond donors (Lipinski definition) is 0. The van der Waals surface area contributed by atoms with E-state index in [9.17, 15) is 13.2 Å². The van der Waals surface area contributed by atoms with Gasteiger partial charge in [0.15, 0.2) is 0 Å². The molecule has 0 saturated carbocycles. The molecule has 0 heterocycles. The van der Waals surface area contributed by atoms with Crippen LogP contribution in [0, 0.1) is 0 Å². The Hall–Kier alpha value is -2.18. The zero-order valence-corrected chi connectivity index (χ0v) is 13.8. The predicted octanol–water partition coefficient (Wildman–Crippen LogP) is 3.01. The van der Waals surface area contributed by atoms with Crippen LogP contribution < -0.4 is 0 Å². The second kappa shape index (κ2) is 7.39. The van der Waals surface area contributed by atoms with Gasteiger partial charge in [-0.2, -0.15) is 8.42 Å². The molecule has 0 N–H and O–H groups in total. The number of carbonyl (C=O) groups is 1. The van der Waals surface area contributed by atoms with Gasteiger partial charge in [-0.3, -0.25) is 4.18 Å². The smallest absolute Gasteiger partial charge is 0.337 e. The van der Waals surface area contributed by atoms with Crippen molar-refractivity contribution in [3.05, 3.63) is 59.7 Å². The fourth-order valence-corrected chi connectivity index (χ4v) is 2.43. The van der Waals surface area contributed by atoms with Crippen LogP contribution in [0.2, 0.25) is 0 Å². The summed E-state index contributed by atoms with van der Waals surface area (Å²) in [5.74, 6) is -0.418. The van der Waals surface area contributed by atoms with E-state index >= 15 is 0 Å². The van der Waals surface area contributed by atoms with Crippen molar-refractivity contribution in [1.29, 1.82) is 0 Å². The van der Waals surface area contributed by atoms with Gasteiger partial charge in [0.1, 0.15) is 0 Å². The van der Waals surface area contributed by atoms with E-state index in [4.69, 9.17) is 4.18 Å². The Balaban J connectivity index is 2.09. The van der Waals surface area contributed by atoms with Gasteiger partial charge in [-0.25, -0.2) is 4.79 Å². The van der Waals surface area contributed by atoms with Crippen LogP contribution in [0.25, 0.3) is 11.1 Å². The van der Waals surface area contributed by atoms with Gasteiger partial charge in [0.25, 0.3) is 10.1 Å². The fraction of sp³-hybridized carbons (Fsp3) is 0.235.